The van der Waals surface area contributed by atoms with Gasteiger partial charge in [0.25, 0.3) is 0 Å². The molecule has 0 spiro atoms. The third kappa shape index (κ3) is 5.21. The molecular formula is C26H38N2. The monoisotopic (exact) mass is 378 g/mol. The summed E-state index contributed by atoms with van der Waals surface area (Å²) >= 11 is 0. The van der Waals surface area contributed by atoms with E-state index < -0.39 is 0 Å². The van der Waals surface area contributed by atoms with E-state index in [2.05, 4.69) is 48.1 Å². The van der Waals surface area contributed by atoms with Gasteiger partial charge in [0.2, 0.25) is 0 Å². The first-order valence-electron chi connectivity index (χ1n) is 11.6. The van der Waals surface area contributed by atoms with Crippen molar-refractivity contribution in [1.29, 1.82) is 0 Å². The lowest BCUT2D eigenvalue weighted by Gasteiger charge is -2.29. The standard InChI is InChI=1S/C24H32N2.C2H6/c1-17-3-5-19(6-4-17)20-7-9-21(10-8-20)22-11-13-23(14-12-22)24-25-15-18(2)16-26-24;1-2/h7-10,15-17,19,22-23H,3-6,11-14H2,1-2H3;1-2H3. The van der Waals surface area contributed by atoms with Crippen LogP contribution in [0.4, 0.5) is 0 Å². The van der Waals surface area contributed by atoms with Crippen LogP contribution in [0.3, 0.4) is 0 Å². The van der Waals surface area contributed by atoms with Crippen molar-refractivity contribution < 1.29 is 0 Å². The summed E-state index contributed by atoms with van der Waals surface area (Å²) in [6.07, 6.45) is 14.4. The molecule has 0 amide bonds. The van der Waals surface area contributed by atoms with Gasteiger partial charge >= 0.3 is 0 Å². The van der Waals surface area contributed by atoms with Gasteiger partial charge in [-0.1, -0.05) is 57.9 Å². The van der Waals surface area contributed by atoms with Crippen LogP contribution in [-0.4, -0.2) is 9.97 Å². The first kappa shape index (κ1) is 21.0. The largest absolute Gasteiger partial charge is 0.241 e. The molecule has 2 heteroatoms. The third-order valence-corrected chi connectivity index (χ3v) is 6.79. The van der Waals surface area contributed by atoms with E-state index in [4.69, 9.17) is 0 Å². The molecule has 2 saturated carbocycles. The van der Waals surface area contributed by atoms with Crippen LogP contribution < -0.4 is 0 Å². The summed E-state index contributed by atoms with van der Waals surface area (Å²) in [5.74, 6) is 4.05. The van der Waals surface area contributed by atoms with Crippen LogP contribution in [0.5, 0.6) is 0 Å². The molecule has 152 valence electrons. The first-order chi connectivity index (χ1) is 13.7. The van der Waals surface area contributed by atoms with Gasteiger partial charge in [-0.15, -0.1) is 0 Å². The Kier molecular flexibility index (Phi) is 7.65. The molecule has 0 saturated heterocycles. The van der Waals surface area contributed by atoms with E-state index in [0.29, 0.717) is 5.92 Å². The Morgan fingerprint density at radius 3 is 1.50 bits per heavy atom. The second-order valence-electron chi connectivity index (χ2n) is 8.79. The number of rotatable bonds is 3. The van der Waals surface area contributed by atoms with Gasteiger partial charge in [-0.25, -0.2) is 9.97 Å². The van der Waals surface area contributed by atoms with Gasteiger partial charge in [-0.3, -0.25) is 0 Å². The average molecular weight is 379 g/mol. The Balaban J connectivity index is 0.00000109. The van der Waals surface area contributed by atoms with Gasteiger partial charge in [0.1, 0.15) is 5.82 Å². The number of hydrogen-bond acceptors (Lipinski definition) is 2. The molecule has 4 rings (SSSR count). The van der Waals surface area contributed by atoms with Crippen molar-refractivity contribution in [3.05, 3.63) is 59.2 Å². The highest BCUT2D eigenvalue weighted by molar-refractivity contribution is 5.28. The van der Waals surface area contributed by atoms with Crippen molar-refractivity contribution in [1.82, 2.24) is 9.97 Å². The van der Waals surface area contributed by atoms with Crippen LogP contribution in [0.1, 0.15) is 112 Å². The summed E-state index contributed by atoms with van der Waals surface area (Å²) in [7, 11) is 0. The van der Waals surface area contributed by atoms with Gasteiger partial charge < -0.3 is 0 Å². The highest BCUT2D eigenvalue weighted by Gasteiger charge is 2.25. The van der Waals surface area contributed by atoms with Crippen molar-refractivity contribution >= 4 is 0 Å². The minimum absolute atomic E-state index is 0.551. The van der Waals surface area contributed by atoms with Crippen molar-refractivity contribution in [2.75, 3.05) is 0 Å². The molecule has 2 aliphatic rings. The van der Waals surface area contributed by atoms with Crippen LogP contribution in [0.15, 0.2) is 36.7 Å². The molecule has 0 aliphatic heterocycles. The maximum absolute atomic E-state index is 4.56. The zero-order chi connectivity index (χ0) is 19.9. The van der Waals surface area contributed by atoms with Gasteiger partial charge in [0.15, 0.2) is 0 Å². The molecule has 0 radical (unpaired) electrons. The smallest absolute Gasteiger partial charge is 0.131 e. The maximum atomic E-state index is 4.56. The molecule has 0 N–H and O–H groups in total. The summed E-state index contributed by atoms with van der Waals surface area (Å²) in [4.78, 5) is 9.11. The number of hydrogen-bond donors (Lipinski definition) is 0. The van der Waals surface area contributed by atoms with E-state index in [1.165, 1.54) is 51.4 Å². The van der Waals surface area contributed by atoms with Crippen LogP contribution in [-0.2, 0) is 0 Å². The zero-order valence-corrected chi connectivity index (χ0v) is 18.3. The van der Waals surface area contributed by atoms with Crippen molar-refractivity contribution in [2.24, 2.45) is 5.92 Å². The van der Waals surface area contributed by atoms with E-state index in [-0.39, 0.29) is 0 Å². The summed E-state index contributed by atoms with van der Waals surface area (Å²) < 4.78 is 0. The molecule has 2 nitrogen and oxygen atoms in total. The van der Waals surface area contributed by atoms with Crippen LogP contribution in [0.25, 0.3) is 0 Å². The lowest BCUT2D eigenvalue weighted by atomic mass is 9.76. The van der Waals surface area contributed by atoms with Gasteiger partial charge in [-0.05, 0) is 79.9 Å². The van der Waals surface area contributed by atoms with Gasteiger partial charge in [0, 0.05) is 18.3 Å². The summed E-state index contributed by atoms with van der Waals surface area (Å²) in [5.41, 5.74) is 4.26. The topological polar surface area (TPSA) is 25.8 Å². The molecule has 1 aromatic heterocycles. The molecule has 2 aromatic rings. The Labute approximate surface area is 172 Å². The molecule has 1 aromatic carbocycles. The Morgan fingerprint density at radius 2 is 1.04 bits per heavy atom. The zero-order valence-electron chi connectivity index (χ0n) is 18.3. The first-order valence-corrected chi connectivity index (χ1v) is 11.6. The van der Waals surface area contributed by atoms with E-state index in [0.717, 1.165) is 29.1 Å². The van der Waals surface area contributed by atoms with E-state index in [1.54, 1.807) is 11.1 Å². The molecule has 2 aliphatic carbocycles. The maximum Gasteiger partial charge on any atom is 0.131 e. The Morgan fingerprint density at radius 1 is 0.643 bits per heavy atom. The highest BCUT2D eigenvalue weighted by atomic mass is 14.9. The fourth-order valence-electron chi connectivity index (χ4n) is 4.93. The predicted octanol–water partition coefficient (Wildman–Crippen LogP) is 7.55. The number of aromatic nitrogens is 2. The van der Waals surface area contributed by atoms with Crippen molar-refractivity contribution in [3.8, 4) is 0 Å². The molecule has 0 atom stereocenters. The number of benzene rings is 1. The van der Waals surface area contributed by atoms with E-state index in [9.17, 15) is 0 Å². The van der Waals surface area contributed by atoms with Crippen LogP contribution in [0, 0.1) is 12.8 Å². The van der Waals surface area contributed by atoms with E-state index >= 15 is 0 Å². The third-order valence-electron chi connectivity index (χ3n) is 6.79. The highest BCUT2D eigenvalue weighted by Crippen LogP contribution is 2.40. The predicted molar refractivity (Wildman–Crippen MR) is 119 cm³/mol. The lowest BCUT2D eigenvalue weighted by molar-refractivity contribution is 0.347. The quantitative estimate of drug-likeness (QED) is 0.551. The fourth-order valence-corrected chi connectivity index (χ4v) is 4.93. The van der Waals surface area contributed by atoms with Crippen LogP contribution in [0.2, 0.25) is 0 Å². The SMILES string of the molecule is CC.Cc1cnc(C2CCC(c3ccc(C4CCC(C)CC4)cc3)CC2)nc1. The van der Waals surface area contributed by atoms with Crippen molar-refractivity contribution in [2.45, 2.75) is 96.8 Å². The average Bonchev–Trinajstić information content (AvgIpc) is 2.77. The summed E-state index contributed by atoms with van der Waals surface area (Å²) in [6, 6.07) is 9.68. The second-order valence-corrected chi connectivity index (χ2v) is 8.79. The van der Waals surface area contributed by atoms with Crippen molar-refractivity contribution in [3.63, 3.8) is 0 Å². The minimum Gasteiger partial charge on any atom is -0.241 e. The molecule has 0 bridgehead atoms. The normalized spacial score (nSPS) is 27.6. The summed E-state index contributed by atoms with van der Waals surface area (Å²) in [6.45, 7) is 8.45. The molecular weight excluding hydrogens is 340 g/mol. The van der Waals surface area contributed by atoms with Gasteiger partial charge in [0.05, 0.1) is 0 Å². The molecule has 1 heterocycles. The summed E-state index contributed by atoms with van der Waals surface area (Å²) in [5, 5.41) is 0. The molecule has 28 heavy (non-hydrogen) atoms. The van der Waals surface area contributed by atoms with Crippen LogP contribution >= 0.6 is 0 Å². The number of aryl methyl sites for hydroxylation is 1. The van der Waals surface area contributed by atoms with E-state index in [1.807, 2.05) is 26.2 Å². The molecule has 0 unspecified atom stereocenters. The Bertz CT molecular complexity index is 688. The number of nitrogens with zero attached hydrogens (tertiary/aromatic N) is 2. The second kappa shape index (κ2) is 10.2. The Hall–Kier alpha value is -1.70. The minimum atomic E-state index is 0.551. The molecule has 2 fully saturated rings. The fraction of sp³-hybridized carbons (Fsp3) is 0.615. The lowest BCUT2D eigenvalue weighted by Crippen LogP contribution is -2.14. The van der Waals surface area contributed by atoms with Gasteiger partial charge in [-0.2, -0.15) is 0 Å².